The van der Waals surface area contributed by atoms with Crippen LogP contribution in [0.3, 0.4) is 0 Å². The van der Waals surface area contributed by atoms with Crippen molar-refractivity contribution in [3.63, 3.8) is 0 Å². The molecule has 2 aliphatic heterocycles. The highest BCUT2D eigenvalue weighted by atomic mass is 35.5. The molecule has 2 fully saturated rings. The number of fused-ring (bicyclic) bond motifs is 1. The molecule has 0 amide bonds. The number of para-hydroxylation sites is 1. The predicted molar refractivity (Wildman–Crippen MR) is 126 cm³/mol. The Morgan fingerprint density at radius 1 is 1.03 bits per heavy atom. The lowest BCUT2D eigenvalue weighted by atomic mass is 10.2. The minimum absolute atomic E-state index is 0.256. The third kappa shape index (κ3) is 4.92. The van der Waals surface area contributed by atoms with Gasteiger partial charge in [0.1, 0.15) is 11.6 Å². The van der Waals surface area contributed by atoms with Crippen molar-refractivity contribution in [3.05, 3.63) is 59.4 Å². The van der Waals surface area contributed by atoms with Crippen LogP contribution in [0.4, 0.5) is 11.5 Å². The van der Waals surface area contributed by atoms with E-state index in [-0.39, 0.29) is 6.10 Å². The van der Waals surface area contributed by atoms with Crippen LogP contribution in [0.2, 0.25) is 5.02 Å². The SMILES string of the molecule is Clc1ccc2c(NCC3CCCO3)nc(CN3CCN(c4ccccc4)CC3)nc2c1. The molecule has 3 aromatic rings. The zero-order valence-electron chi connectivity index (χ0n) is 17.6. The molecule has 0 radical (unpaired) electrons. The van der Waals surface area contributed by atoms with Crippen molar-refractivity contribution >= 4 is 34.0 Å². The largest absolute Gasteiger partial charge is 0.376 e. The molecular formula is C24H28ClN5O. The number of nitrogens with zero attached hydrogens (tertiary/aromatic N) is 4. The van der Waals surface area contributed by atoms with Crippen molar-refractivity contribution < 1.29 is 4.74 Å². The van der Waals surface area contributed by atoms with Crippen molar-refractivity contribution in [1.29, 1.82) is 0 Å². The molecule has 1 aromatic heterocycles. The highest BCUT2D eigenvalue weighted by molar-refractivity contribution is 6.31. The summed E-state index contributed by atoms with van der Waals surface area (Å²) >= 11 is 6.25. The number of anilines is 2. The number of ether oxygens (including phenoxy) is 1. The van der Waals surface area contributed by atoms with Gasteiger partial charge in [0.05, 0.1) is 18.2 Å². The Morgan fingerprint density at radius 3 is 2.65 bits per heavy atom. The van der Waals surface area contributed by atoms with Crippen LogP contribution < -0.4 is 10.2 Å². The maximum absolute atomic E-state index is 6.25. The second-order valence-electron chi connectivity index (χ2n) is 8.26. The number of rotatable bonds is 6. The quantitative estimate of drug-likeness (QED) is 0.623. The molecular weight excluding hydrogens is 410 g/mol. The Kier molecular flexibility index (Phi) is 6.20. The fourth-order valence-corrected chi connectivity index (χ4v) is 4.54. The van der Waals surface area contributed by atoms with Gasteiger partial charge in [-0.1, -0.05) is 29.8 Å². The van der Waals surface area contributed by atoms with Crippen LogP contribution in [0.15, 0.2) is 48.5 Å². The summed E-state index contributed by atoms with van der Waals surface area (Å²) in [6, 6.07) is 16.4. The Morgan fingerprint density at radius 2 is 1.87 bits per heavy atom. The Hall–Kier alpha value is -2.41. The van der Waals surface area contributed by atoms with Crippen LogP contribution in [0.1, 0.15) is 18.7 Å². The third-order valence-corrected chi connectivity index (χ3v) is 6.32. The smallest absolute Gasteiger partial charge is 0.145 e. The molecule has 1 N–H and O–H groups in total. The highest BCUT2D eigenvalue weighted by Crippen LogP contribution is 2.25. The van der Waals surface area contributed by atoms with Crippen molar-refractivity contribution in [1.82, 2.24) is 14.9 Å². The fourth-order valence-electron chi connectivity index (χ4n) is 4.38. The van der Waals surface area contributed by atoms with Crippen LogP contribution in [-0.4, -0.2) is 60.3 Å². The topological polar surface area (TPSA) is 53.5 Å². The summed E-state index contributed by atoms with van der Waals surface area (Å²) in [5.74, 6) is 1.70. The Bertz CT molecular complexity index is 1020. The molecule has 7 heteroatoms. The monoisotopic (exact) mass is 437 g/mol. The molecule has 1 atom stereocenters. The van der Waals surface area contributed by atoms with Gasteiger partial charge in [-0.3, -0.25) is 4.90 Å². The number of piperazine rings is 1. The van der Waals surface area contributed by atoms with E-state index in [9.17, 15) is 0 Å². The highest BCUT2D eigenvalue weighted by Gasteiger charge is 2.20. The number of aromatic nitrogens is 2. The first-order chi connectivity index (χ1) is 15.2. The molecule has 3 heterocycles. The molecule has 2 saturated heterocycles. The summed E-state index contributed by atoms with van der Waals surface area (Å²) in [5, 5.41) is 5.20. The first-order valence-corrected chi connectivity index (χ1v) is 11.5. The van der Waals surface area contributed by atoms with Gasteiger partial charge in [0.2, 0.25) is 0 Å². The molecule has 6 nitrogen and oxygen atoms in total. The minimum Gasteiger partial charge on any atom is -0.376 e. The van der Waals surface area contributed by atoms with Crippen LogP contribution in [-0.2, 0) is 11.3 Å². The van der Waals surface area contributed by atoms with E-state index in [1.807, 2.05) is 18.2 Å². The van der Waals surface area contributed by atoms with Gasteiger partial charge in [-0.2, -0.15) is 0 Å². The standard InChI is InChI=1S/C24H28ClN5O/c25-18-8-9-21-22(15-18)27-23(28-24(21)26-16-20-7-4-14-31-20)17-29-10-12-30(13-11-29)19-5-2-1-3-6-19/h1-3,5-6,8-9,15,20H,4,7,10-14,16-17H2,(H,26,27,28). The molecule has 0 bridgehead atoms. The van der Waals surface area contributed by atoms with Gasteiger partial charge in [-0.25, -0.2) is 9.97 Å². The van der Waals surface area contributed by atoms with Crippen LogP contribution in [0, 0.1) is 0 Å². The summed E-state index contributed by atoms with van der Waals surface area (Å²) in [4.78, 5) is 14.6. The van der Waals surface area contributed by atoms with E-state index in [2.05, 4.69) is 45.4 Å². The zero-order valence-corrected chi connectivity index (χ0v) is 18.4. The fraction of sp³-hybridized carbons (Fsp3) is 0.417. The third-order valence-electron chi connectivity index (χ3n) is 6.09. The zero-order chi connectivity index (χ0) is 21.0. The Labute approximate surface area is 188 Å². The molecule has 0 spiro atoms. The molecule has 162 valence electrons. The normalized spacial score (nSPS) is 19.8. The van der Waals surface area contributed by atoms with Gasteiger partial charge in [-0.15, -0.1) is 0 Å². The van der Waals surface area contributed by atoms with Crippen LogP contribution in [0.5, 0.6) is 0 Å². The summed E-state index contributed by atoms with van der Waals surface area (Å²) in [6.07, 6.45) is 2.49. The second-order valence-corrected chi connectivity index (χ2v) is 8.70. The van der Waals surface area contributed by atoms with E-state index in [0.29, 0.717) is 5.02 Å². The molecule has 2 aliphatic rings. The van der Waals surface area contributed by atoms with Gasteiger partial charge >= 0.3 is 0 Å². The maximum atomic E-state index is 6.25. The molecule has 0 aliphatic carbocycles. The lowest BCUT2D eigenvalue weighted by Gasteiger charge is -2.35. The number of benzene rings is 2. The molecule has 5 rings (SSSR count). The van der Waals surface area contributed by atoms with E-state index in [4.69, 9.17) is 26.3 Å². The van der Waals surface area contributed by atoms with Crippen LogP contribution in [0.25, 0.3) is 10.9 Å². The molecule has 0 saturated carbocycles. The van der Waals surface area contributed by atoms with Crippen LogP contribution >= 0.6 is 11.6 Å². The Balaban J connectivity index is 1.30. The average molecular weight is 438 g/mol. The molecule has 31 heavy (non-hydrogen) atoms. The van der Waals surface area contributed by atoms with E-state index in [1.54, 1.807) is 0 Å². The van der Waals surface area contributed by atoms with Crippen molar-refractivity contribution in [3.8, 4) is 0 Å². The van der Waals surface area contributed by atoms with Gasteiger partial charge in [0.15, 0.2) is 0 Å². The lowest BCUT2D eigenvalue weighted by molar-refractivity contribution is 0.120. The number of hydrogen-bond donors (Lipinski definition) is 1. The van der Waals surface area contributed by atoms with Gasteiger partial charge in [0.25, 0.3) is 0 Å². The van der Waals surface area contributed by atoms with E-state index >= 15 is 0 Å². The van der Waals surface area contributed by atoms with E-state index in [1.165, 1.54) is 5.69 Å². The van der Waals surface area contributed by atoms with Crippen molar-refractivity contribution in [2.75, 3.05) is 49.5 Å². The molecule has 1 unspecified atom stereocenters. The number of halogens is 1. The first kappa shape index (κ1) is 20.5. The van der Waals surface area contributed by atoms with Gasteiger partial charge in [-0.05, 0) is 43.2 Å². The van der Waals surface area contributed by atoms with Gasteiger partial charge in [0, 0.05) is 55.4 Å². The predicted octanol–water partition coefficient (Wildman–Crippen LogP) is 4.20. The van der Waals surface area contributed by atoms with E-state index < -0.39 is 0 Å². The molecule has 2 aromatic carbocycles. The first-order valence-electron chi connectivity index (χ1n) is 11.1. The maximum Gasteiger partial charge on any atom is 0.145 e. The average Bonchev–Trinajstić information content (AvgIpc) is 3.32. The lowest BCUT2D eigenvalue weighted by Crippen LogP contribution is -2.46. The summed E-state index contributed by atoms with van der Waals surface area (Å²) in [5.41, 5.74) is 2.18. The summed E-state index contributed by atoms with van der Waals surface area (Å²) in [6.45, 7) is 6.35. The minimum atomic E-state index is 0.256. The number of hydrogen-bond acceptors (Lipinski definition) is 6. The summed E-state index contributed by atoms with van der Waals surface area (Å²) in [7, 11) is 0. The van der Waals surface area contributed by atoms with Crippen molar-refractivity contribution in [2.45, 2.75) is 25.5 Å². The van der Waals surface area contributed by atoms with Gasteiger partial charge < -0.3 is 15.0 Å². The van der Waals surface area contributed by atoms with E-state index in [0.717, 1.165) is 81.3 Å². The van der Waals surface area contributed by atoms with Crippen molar-refractivity contribution in [2.24, 2.45) is 0 Å². The second kappa shape index (κ2) is 9.39. The number of nitrogens with one attached hydrogen (secondary N) is 1. The summed E-state index contributed by atoms with van der Waals surface area (Å²) < 4.78 is 5.76.